The first-order valence-corrected chi connectivity index (χ1v) is 10.4. The largest absolute Gasteiger partial charge is 0.492 e. The van der Waals surface area contributed by atoms with E-state index in [4.69, 9.17) is 37.5 Å². The van der Waals surface area contributed by atoms with Crippen LogP contribution in [0.3, 0.4) is 0 Å². The highest BCUT2D eigenvalue weighted by atomic mass is 35.5. The van der Waals surface area contributed by atoms with Crippen LogP contribution in [0, 0.1) is 0 Å². The zero-order chi connectivity index (χ0) is 23.0. The summed E-state index contributed by atoms with van der Waals surface area (Å²) in [5.74, 6) is -1.19. The summed E-state index contributed by atoms with van der Waals surface area (Å²) in [6, 6.07) is 4.12. The van der Waals surface area contributed by atoms with Crippen LogP contribution in [-0.4, -0.2) is 79.4 Å². The molecule has 9 nitrogen and oxygen atoms in total. The van der Waals surface area contributed by atoms with E-state index in [-0.39, 0.29) is 19.7 Å². The van der Waals surface area contributed by atoms with Crippen molar-refractivity contribution in [2.75, 3.05) is 40.3 Å². The molecule has 31 heavy (non-hydrogen) atoms. The van der Waals surface area contributed by atoms with Gasteiger partial charge in [-0.15, -0.1) is 0 Å². The van der Waals surface area contributed by atoms with Gasteiger partial charge in [0.15, 0.2) is 6.23 Å². The summed E-state index contributed by atoms with van der Waals surface area (Å²) in [5.41, 5.74) is 0. The molecule has 170 valence electrons. The van der Waals surface area contributed by atoms with Gasteiger partial charge < -0.3 is 19.2 Å². The van der Waals surface area contributed by atoms with E-state index in [0.717, 1.165) is 17.2 Å². The smallest absolute Gasteiger partial charge is 0.356 e. The van der Waals surface area contributed by atoms with Gasteiger partial charge in [0, 0.05) is 35.2 Å². The van der Waals surface area contributed by atoms with Gasteiger partial charge in [-0.2, -0.15) is 5.06 Å². The zero-order valence-electron chi connectivity index (χ0n) is 17.5. The Bertz CT molecular complexity index is 813. The summed E-state index contributed by atoms with van der Waals surface area (Å²) >= 11 is 12.0. The maximum absolute atomic E-state index is 13.2. The van der Waals surface area contributed by atoms with E-state index in [2.05, 4.69) is 0 Å². The number of hydroxylamine groups is 2. The molecular weight excluding hydrogens is 449 g/mol. The average molecular weight is 474 g/mol. The van der Waals surface area contributed by atoms with Crippen molar-refractivity contribution >= 4 is 41.2 Å². The van der Waals surface area contributed by atoms with Gasteiger partial charge in [-0.3, -0.25) is 4.90 Å². The number of urea groups is 1. The number of benzene rings is 1. The second-order valence-corrected chi connectivity index (χ2v) is 7.75. The first kappa shape index (κ1) is 24.8. The number of halogens is 2. The van der Waals surface area contributed by atoms with Crippen molar-refractivity contribution in [1.82, 2.24) is 14.9 Å². The van der Waals surface area contributed by atoms with Crippen LogP contribution in [0.4, 0.5) is 4.79 Å². The molecule has 11 heteroatoms. The Morgan fingerprint density at radius 3 is 2.29 bits per heavy atom. The standard InChI is InChI=1S/C20H25Cl2N3O6/c1-4-17-24(9-10-29-16-12-14(21)11-15(22)13-16)20(28)25(8-7-23(2)3)31-19(27)6-5-18(26)30-17/h5-6,11-13,17H,4,7-10H2,1-3H3/b6-5-. The van der Waals surface area contributed by atoms with Crippen LogP contribution in [0.25, 0.3) is 0 Å². The van der Waals surface area contributed by atoms with E-state index in [9.17, 15) is 14.4 Å². The van der Waals surface area contributed by atoms with Gasteiger partial charge >= 0.3 is 18.0 Å². The number of likely N-dealkylation sites (N-methyl/N-ethyl adjacent to an activating group) is 1. The Hall–Kier alpha value is -2.49. The number of ether oxygens (including phenoxy) is 2. The van der Waals surface area contributed by atoms with E-state index < -0.39 is 24.2 Å². The van der Waals surface area contributed by atoms with Gasteiger partial charge in [0.1, 0.15) is 12.4 Å². The highest BCUT2D eigenvalue weighted by molar-refractivity contribution is 6.34. The molecule has 1 atom stereocenters. The quantitative estimate of drug-likeness (QED) is 0.536. The van der Waals surface area contributed by atoms with Crippen molar-refractivity contribution in [2.24, 2.45) is 0 Å². The third kappa shape index (κ3) is 7.93. The second kappa shape index (κ2) is 11.8. The van der Waals surface area contributed by atoms with E-state index in [1.165, 1.54) is 4.90 Å². The van der Waals surface area contributed by atoms with Gasteiger partial charge in [0.05, 0.1) is 13.1 Å². The minimum atomic E-state index is -0.880. The normalized spacial score (nSPS) is 18.6. The molecule has 1 heterocycles. The topological polar surface area (TPSA) is 88.6 Å². The predicted molar refractivity (Wildman–Crippen MR) is 115 cm³/mol. The number of esters is 1. The lowest BCUT2D eigenvalue weighted by Crippen LogP contribution is -2.52. The Balaban J connectivity index is 2.21. The fourth-order valence-corrected chi connectivity index (χ4v) is 3.17. The van der Waals surface area contributed by atoms with Gasteiger partial charge in [-0.25, -0.2) is 14.4 Å². The Kier molecular flexibility index (Phi) is 9.42. The maximum atomic E-state index is 13.2. The van der Waals surface area contributed by atoms with Crippen LogP contribution in [0.1, 0.15) is 13.3 Å². The van der Waals surface area contributed by atoms with Crippen molar-refractivity contribution in [3.05, 3.63) is 40.4 Å². The van der Waals surface area contributed by atoms with Gasteiger partial charge in [0.25, 0.3) is 0 Å². The number of amides is 2. The van der Waals surface area contributed by atoms with Crippen LogP contribution in [0.2, 0.25) is 10.0 Å². The molecular formula is C20H25Cl2N3O6. The number of carbonyl (C=O) groups excluding carboxylic acids is 3. The molecule has 0 bridgehead atoms. The lowest BCUT2D eigenvalue weighted by Gasteiger charge is -2.34. The minimum absolute atomic E-state index is 0.0501. The van der Waals surface area contributed by atoms with Crippen LogP contribution < -0.4 is 4.74 Å². The first-order chi connectivity index (χ1) is 14.7. The number of hydrogen-bond donors (Lipinski definition) is 0. The molecule has 2 amide bonds. The number of cyclic esters (lactones) is 1. The summed E-state index contributed by atoms with van der Waals surface area (Å²) in [4.78, 5) is 45.4. The lowest BCUT2D eigenvalue weighted by atomic mass is 10.3. The molecule has 0 N–H and O–H groups in total. The van der Waals surface area contributed by atoms with Crippen molar-refractivity contribution in [3.8, 4) is 5.75 Å². The van der Waals surface area contributed by atoms with Crippen LogP contribution in [-0.2, 0) is 19.2 Å². The fourth-order valence-electron chi connectivity index (χ4n) is 2.67. The monoisotopic (exact) mass is 473 g/mol. The van der Waals surface area contributed by atoms with Crippen molar-refractivity contribution in [2.45, 2.75) is 19.6 Å². The molecule has 2 rings (SSSR count). The molecule has 1 unspecified atom stereocenters. The van der Waals surface area contributed by atoms with Gasteiger partial charge in [-0.05, 0) is 32.3 Å². The number of nitrogens with zero attached hydrogens (tertiary/aromatic N) is 3. The van der Waals surface area contributed by atoms with E-state index >= 15 is 0 Å². The van der Waals surface area contributed by atoms with E-state index in [1.807, 2.05) is 19.0 Å². The average Bonchev–Trinajstić information content (AvgIpc) is 2.69. The summed E-state index contributed by atoms with van der Waals surface area (Å²) in [6.45, 7) is 2.44. The van der Waals surface area contributed by atoms with E-state index in [1.54, 1.807) is 25.1 Å². The number of rotatable bonds is 8. The van der Waals surface area contributed by atoms with Gasteiger partial charge in [-0.1, -0.05) is 30.1 Å². The predicted octanol–water partition coefficient (Wildman–Crippen LogP) is 2.97. The molecule has 0 fully saturated rings. The Morgan fingerprint density at radius 1 is 1.03 bits per heavy atom. The second-order valence-electron chi connectivity index (χ2n) is 6.88. The molecule has 1 aliphatic heterocycles. The molecule has 0 spiro atoms. The molecule has 0 saturated heterocycles. The van der Waals surface area contributed by atoms with Crippen LogP contribution in [0.5, 0.6) is 5.75 Å². The summed E-state index contributed by atoms with van der Waals surface area (Å²) in [5, 5.41) is 1.77. The van der Waals surface area contributed by atoms with E-state index in [0.29, 0.717) is 28.8 Å². The Morgan fingerprint density at radius 2 is 1.68 bits per heavy atom. The maximum Gasteiger partial charge on any atom is 0.356 e. The molecule has 1 aromatic rings. The van der Waals surface area contributed by atoms with Crippen molar-refractivity contribution < 1.29 is 28.7 Å². The van der Waals surface area contributed by atoms with Crippen molar-refractivity contribution in [1.29, 1.82) is 0 Å². The van der Waals surface area contributed by atoms with Gasteiger partial charge in [0.2, 0.25) is 0 Å². The molecule has 0 saturated carbocycles. The lowest BCUT2D eigenvalue weighted by molar-refractivity contribution is -0.179. The molecule has 0 aliphatic carbocycles. The molecule has 0 radical (unpaired) electrons. The number of carbonyl (C=O) groups is 3. The minimum Gasteiger partial charge on any atom is -0.492 e. The summed E-state index contributed by atoms with van der Waals surface area (Å²) in [6.07, 6.45) is 1.33. The molecule has 1 aliphatic rings. The third-order valence-electron chi connectivity index (χ3n) is 4.15. The highest BCUT2D eigenvalue weighted by Crippen LogP contribution is 2.24. The van der Waals surface area contributed by atoms with Crippen LogP contribution >= 0.6 is 23.2 Å². The summed E-state index contributed by atoms with van der Waals surface area (Å²) < 4.78 is 11.0. The SMILES string of the molecule is CCC1OC(=O)/C=C\C(=O)ON(CCN(C)C)C(=O)N1CCOc1cc(Cl)cc(Cl)c1. The summed E-state index contributed by atoms with van der Waals surface area (Å²) in [7, 11) is 3.65. The number of hydrogen-bond acceptors (Lipinski definition) is 7. The van der Waals surface area contributed by atoms with Crippen LogP contribution in [0.15, 0.2) is 30.4 Å². The molecule has 1 aromatic carbocycles. The fraction of sp³-hybridized carbons (Fsp3) is 0.450. The Labute approximate surface area is 191 Å². The van der Waals surface area contributed by atoms with Crippen molar-refractivity contribution in [3.63, 3.8) is 0 Å². The third-order valence-corrected chi connectivity index (χ3v) is 4.59. The highest BCUT2D eigenvalue weighted by Gasteiger charge is 2.32. The molecule has 0 aromatic heterocycles. The zero-order valence-corrected chi connectivity index (χ0v) is 19.1. The first-order valence-electron chi connectivity index (χ1n) is 9.62.